The molecule has 1 aromatic heterocycles. The van der Waals surface area contributed by atoms with Crippen molar-refractivity contribution < 1.29 is 33.8 Å². The number of aromatic carboxylic acids is 1. The minimum atomic E-state index is -1.06. The molecule has 2 aliphatic heterocycles. The zero-order valence-electron chi connectivity index (χ0n) is 18.2. The van der Waals surface area contributed by atoms with Crippen LogP contribution in [0, 0.1) is 0 Å². The number of benzene rings is 2. The maximum absolute atomic E-state index is 13.1. The van der Waals surface area contributed by atoms with E-state index in [1.165, 1.54) is 23.3 Å². The highest BCUT2D eigenvalue weighted by Gasteiger charge is 2.47. The number of aliphatic hydroxyl groups excluding tert-OH is 1. The zero-order chi connectivity index (χ0) is 24.0. The van der Waals surface area contributed by atoms with Crippen LogP contribution in [0.3, 0.4) is 0 Å². The molecule has 2 aromatic carbocycles. The first-order valence-electron chi connectivity index (χ1n) is 10.8. The van der Waals surface area contributed by atoms with Gasteiger partial charge in [0, 0.05) is 18.5 Å². The topological polar surface area (TPSA) is 117 Å². The standard InChI is InChI=1S/C26H21NO7/c1-14-11-18-12-17(8-9-19(18)34-14)23(28)21-22(20-3-2-10-33-20)27(25(30)24(21)29)13-15-4-6-16(7-5-15)26(31)32/h2-10,12,14,22,28H,11,13H2,1H3,(H,31,32)/b23-21-. The molecular weight excluding hydrogens is 438 g/mol. The molecule has 0 aliphatic carbocycles. The van der Waals surface area contributed by atoms with Crippen LogP contribution in [-0.4, -0.2) is 38.9 Å². The second-order valence-electron chi connectivity index (χ2n) is 8.40. The molecular formula is C26H21NO7. The predicted octanol–water partition coefficient (Wildman–Crippen LogP) is 3.92. The van der Waals surface area contributed by atoms with Crippen LogP contribution < -0.4 is 4.74 Å². The number of rotatable bonds is 5. The number of Topliss-reactive ketones (excluding diaryl/α,β-unsaturated/α-hetero) is 1. The van der Waals surface area contributed by atoms with Crippen LogP contribution in [0.25, 0.3) is 5.76 Å². The lowest BCUT2D eigenvalue weighted by atomic mass is 9.97. The summed E-state index contributed by atoms with van der Waals surface area (Å²) in [6, 6.07) is 13.6. The zero-order valence-corrected chi connectivity index (χ0v) is 18.2. The molecule has 1 saturated heterocycles. The van der Waals surface area contributed by atoms with E-state index in [1.807, 2.05) is 6.92 Å². The molecule has 172 valence electrons. The summed E-state index contributed by atoms with van der Waals surface area (Å²) in [7, 11) is 0. The van der Waals surface area contributed by atoms with Crippen molar-refractivity contribution in [2.45, 2.75) is 32.0 Å². The van der Waals surface area contributed by atoms with Crippen molar-refractivity contribution in [3.8, 4) is 5.75 Å². The summed E-state index contributed by atoms with van der Waals surface area (Å²) in [5, 5.41) is 20.3. The van der Waals surface area contributed by atoms with Gasteiger partial charge in [0.15, 0.2) is 0 Å². The van der Waals surface area contributed by atoms with Gasteiger partial charge in [-0.3, -0.25) is 9.59 Å². The van der Waals surface area contributed by atoms with Gasteiger partial charge in [0.2, 0.25) is 0 Å². The summed E-state index contributed by atoms with van der Waals surface area (Å²) in [6.07, 6.45) is 2.14. The van der Waals surface area contributed by atoms with E-state index >= 15 is 0 Å². The van der Waals surface area contributed by atoms with Gasteiger partial charge in [-0.05, 0) is 60.5 Å². The molecule has 0 bridgehead atoms. The summed E-state index contributed by atoms with van der Waals surface area (Å²) in [4.78, 5) is 38.6. The normalized spacial score (nSPS) is 20.9. The molecule has 0 saturated carbocycles. The van der Waals surface area contributed by atoms with Crippen LogP contribution >= 0.6 is 0 Å². The number of carboxylic acid groups (broad SMARTS) is 1. The fraction of sp³-hybridized carbons (Fsp3) is 0.192. The summed E-state index contributed by atoms with van der Waals surface area (Å²) in [5.41, 5.74) is 2.01. The van der Waals surface area contributed by atoms with Gasteiger partial charge in [-0.1, -0.05) is 12.1 Å². The summed E-state index contributed by atoms with van der Waals surface area (Å²) < 4.78 is 11.3. The molecule has 2 N–H and O–H groups in total. The van der Waals surface area contributed by atoms with Crippen LogP contribution in [0.2, 0.25) is 0 Å². The highest BCUT2D eigenvalue weighted by atomic mass is 16.5. The van der Waals surface area contributed by atoms with Crippen molar-refractivity contribution in [1.29, 1.82) is 0 Å². The maximum atomic E-state index is 13.1. The third-order valence-corrected chi connectivity index (χ3v) is 6.08. The number of nitrogens with zero attached hydrogens (tertiary/aromatic N) is 1. The number of carboxylic acids is 1. The lowest BCUT2D eigenvalue weighted by Crippen LogP contribution is -2.29. The van der Waals surface area contributed by atoms with Gasteiger partial charge in [0.05, 0.1) is 17.4 Å². The number of ketones is 1. The van der Waals surface area contributed by atoms with E-state index in [4.69, 9.17) is 14.3 Å². The van der Waals surface area contributed by atoms with Crippen molar-refractivity contribution in [2.75, 3.05) is 0 Å². The van der Waals surface area contributed by atoms with E-state index in [9.17, 15) is 19.5 Å². The average Bonchev–Trinajstić information content (AvgIpc) is 3.53. The van der Waals surface area contributed by atoms with E-state index in [-0.39, 0.29) is 29.5 Å². The van der Waals surface area contributed by atoms with Crippen LogP contribution in [0.1, 0.15) is 45.8 Å². The molecule has 1 amide bonds. The van der Waals surface area contributed by atoms with Gasteiger partial charge in [-0.2, -0.15) is 0 Å². The molecule has 0 spiro atoms. The van der Waals surface area contributed by atoms with Crippen LogP contribution in [0.15, 0.2) is 70.9 Å². The third kappa shape index (κ3) is 3.63. The summed E-state index contributed by atoms with van der Waals surface area (Å²) in [6.45, 7) is 1.98. The second-order valence-corrected chi connectivity index (χ2v) is 8.40. The smallest absolute Gasteiger partial charge is 0.335 e. The van der Waals surface area contributed by atoms with Gasteiger partial charge in [-0.25, -0.2) is 4.79 Å². The number of carbonyl (C=O) groups excluding carboxylic acids is 2. The Morgan fingerprint density at radius 3 is 2.47 bits per heavy atom. The SMILES string of the molecule is CC1Cc2cc(/C(O)=C3/C(=O)C(=O)N(Cc4ccc(C(=O)O)cc4)C3c3ccco3)ccc2O1. The van der Waals surface area contributed by atoms with Gasteiger partial charge in [0.25, 0.3) is 11.7 Å². The molecule has 8 nitrogen and oxygen atoms in total. The van der Waals surface area contributed by atoms with E-state index < -0.39 is 23.7 Å². The first-order chi connectivity index (χ1) is 16.3. The van der Waals surface area contributed by atoms with Crippen molar-refractivity contribution in [1.82, 2.24) is 4.90 Å². The molecule has 3 aromatic rings. The number of amides is 1. The van der Waals surface area contributed by atoms with E-state index in [0.29, 0.717) is 23.3 Å². The Morgan fingerprint density at radius 2 is 1.79 bits per heavy atom. The Bertz CT molecular complexity index is 1320. The highest BCUT2D eigenvalue weighted by molar-refractivity contribution is 6.46. The lowest BCUT2D eigenvalue weighted by molar-refractivity contribution is -0.140. The van der Waals surface area contributed by atoms with Gasteiger partial charge in [0.1, 0.15) is 29.4 Å². The molecule has 8 heteroatoms. The number of hydrogen-bond acceptors (Lipinski definition) is 6. The third-order valence-electron chi connectivity index (χ3n) is 6.08. The minimum absolute atomic E-state index is 0.0219. The first-order valence-corrected chi connectivity index (χ1v) is 10.8. The first kappa shape index (κ1) is 21.5. The number of aliphatic hydroxyl groups is 1. The van der Waals surface area contributed by atoms with Crippen molar-refractivity contribution in [2.24, 2.45) is 0 Å². The molecule has 2 atom stereocenters. The number of likely N-dealkylation sites (tertiary alicyclic amines) is 1. The fourth-order valence-corrected chi connectivity index (χ4v) is 4.46. The van der Waals surface area contributed by atoms with Crippen LogP contribution in [0.4, 0.5) is 0 Å². The molecule has 2 unspecified atom stereocenters. The average molecular weight is 459 g/mol. The molecule has 5 rings (SSSR count). The van der Waals surface area contributed by atoms with Crippen molar-refractivity contribution in [3.05, 3.63) is 94.4 Å². The summed E-state index contributed by atoms with van der Waals surface area (Å²) >= 11 is 0. The van der Waals surface area contributed by atoms with Gasteiger partial charge < -0.3 is 24.3 Å². The quantitative estimate of drug-likeness (QED) is 0.337. The molecule has 3 heterocycles. The van der Waals surface area contributed by atoms with Gasteiger partial charge >= 0.3 is 5.97 Å². The number of furan rings is 1. The number of carbonyl (C=O) groups is 3. The van der Waals surface area contributed by atoms with E-state index in [0.717, 1.165) is 11.3 Å². The molecule has 34 heavy (non-hydrogen) atoms. The number of ether oxygens (including phenoxy) is 1. The number of hydrogen-bond donors (Lipinski definition) is 2. The Hall–Kier alpha value is -4.33. The van der Waals surface area contributed by atoms with E-state index in [2.05, 4.69) is 0 Å². The van der Waals surface area contributed by atoms with Crippen LogP contribution in [-0.2, 0) is 22.6 Å². The Balaban J connectivity index is 1.56. The van der Waals surface area contributed by atoms with Crippen LogP contribution in [0.5, 0.6) is 5.75 Å². The predicted molar refractivity (Wildman–Crippen MR) is 120 cm³/mol. The monoisotopic (exact) mass is 459 g/mol. The highest BCUT2D eigenvalue weighted by Crippen LogP contribution is 2.41. The molecule has 1 fully saturated rings. The Labute approximate surface area is 194 Å². The minimum Gasteiger partial charge on any atom is -0.507 e. The van der Waals surface area contributed by atoms with Crippen molar-refractivity contribution >= 4 is 23.4 Å². The van der Waals surface area contributed by atoms with Crippen molar-refractivity contribution in [3.63, 3.8) is 0 Å². The maximum Gasteiger partial charge on any atom is 0.335 e. The van der Waals surface area contributed by atoms with Gasteiger partial charge in [-0.15, -0.1) is 0 Å². The largest absolute Gasteiger partial charge is 0.507 e. The van der Waals surface area contributed by atoms with E-state index in [1.54, 1.807) is 42.5 Å². The number of fused-ring (bicyclic) bond motifs is 1. The Kier molecular flexibility index (Phi) is 5.20. The molecule has 0 radical (unpaired) electrons. The summed E-state index contributed by atoms with van der Waals surface area (Å²) in [5.74, 6) is -1.87. The lowest BCUT2D eigenvalue weighted by Gasteiger charge is -2.23. The second kappa shape index (κ2) is 8.22. The Morgan fingerprint density at radius 1 is 1.06 bits per heavy atom. The molecule has 2 aliphatic rings. The fourth-order valence-electron chi connectivity index (χ4n) is 4.46.